The van der Waals surface area contributed by atoms with Crippen molar-refractivity contribution in [3.05, 3.63) is 0 Å². The third-order valence-corrected chi connectivity index (χ3v) is 3.37. The van der Waals surface area contributed by atoms with Gasteiger partial charge in [0.1, 0.15) is 6.04 Å². The third kappa shape index (κ3) is 26.5. The number of carboxylic acids is 2. The van der Waals surface area contributed by atoms with Crippen LogP contribution in [0.1, 0.15) is 84.0 Å². The fraction of sp³-hybridized carbons (Fsp3) is 0.824. The van der Waals surface area contributed by atoms with Crippen molar-refractivity contribution in [2.75, 3.05) is 0 Å². The van der Waals surface area contributed by atoms with Crippen molar-refractivity contribution < 1.29 is 54.2 Å². The van der Waals surface area contributed by atoms with Gasteiger partial charge in [0.05, 0.1) is 0 Å². The molecule has 0 aromatic carbocycles. The second kappa shape index (κ2) is 22.6. The number of aliphatic carboxylic acids is 2. The molecule has 4 N–H and O–H groups in total. The predicted molar refractivity (Wildman–Crippen MR) is 90.0 cm³/mol. The Morgan fingerprint density at radius 2 is 1.42 bits per heavy atom. The van der Waals surface area contributed by atoms with Crippen LogP contribution in [0.15, 0.2) is 0 Å². The Bertz CT molecular complexity index is 313. The van der Waals surface area contributed by atoms with Crippen molar-refractivity contribution in [2.45, 2.75) is 90.0 Å². The van der Waals surface area contributed by atoms with Crippen LogP contribution in [0.5, 0.6) is 0 Å². The van der Waals surface area contributed by atoms with E-state index in [9.17, 15) is 14.4 Å². The fourth-order valence-electron chi connectivity index (χ4n) is 1.91. The number of unbranched alkanes of at least 4 members (excludes halogenated alkanes) is 9. The second-order valence-corrected chi connectivity index (χ2v) is 5.60. The average Bonchev–Trinajstić information content (AvgIpc) is 2.51. The van der Waals surface area contributed by atoms with Gasteiger partial charge in [-0.15, -0.1) is 0 Å². The van der Waals surface area contributed by atoms with Gasteiger partial charge in [0.2, 0.25) is 0 Å². The quantitative estimate of drug-likeness (QED) is 0.235. The maximum atomic E-state index is 9.99. The first-order chi connectivity index (χ1) is 11.0. The largest absolute Gasteiger partial charge is 1.00 e. The van der Waals surface area contributed by atoms with Gasteiger partial charge in [0.25, 0.3) is 0 Å². The van der Waals surface area contributed by atoms with Gasteiger partial charge in [0, 0.05) is 6.42 Å². The summed E-state index contributed by atoms with van der Waals surface area (Å²) in [4.78, 5) is 29.8. The van der Waals surface area contributed by atoms with E-state index in [2.05, 4.69) is 6.92 Å². The monoisotopic (exact) mass is 353 g/mol. The molecule has 0 spiro atoms. The zero-order valence-corrected chi connectivity index (χ0v) is 17.3. The molecule has 0 radical (unpaired) electrons. The number of carboxylic acid groups (broad SMARTS) is 2. The first-order valence-electron chi connectivity index (χ1n) is 8.50. The number of nitrogens with two attached hydrogens (primary N) is 1. The molecule has 0 saturated heterocycles. The van der Waals surface area contributed by atoms with Gasteiger partial charge < -0.3 is 20.7 Å². The molecule has 1 atom stereocenters. The molecule has 0 aliphatic carbocycles. The van der Waals surface area contributed by atoms with Gasteiger partial charge in [-0.1, -0.05) is 64.7 Å². The van der Waals surface area contributed by atoms with E-state index in [1.165, 1.54) is 51.4 Å². The molecule has 0 rings (SSSR count). The molecule has 7 heteroatoms. The number of hydrogen-bond acceptors (Lipinski definition) is 4. The minimum Gasteiger partial charge on any atom is -0.542 e. The normalized spacial score (nSPS) is 10.8. The number of carbonyl (C=O) groups excluding carboxylic acids is 1. The summed E-state index contributed by atoms with van der Waals surface area (Å²) in [6.45, 7) is 2.25. The van der Waals surface area contributed by atoms with Crippen LogP contribution >= 0.6 is 0 Å². The Hall–Kier alpha value is -0.430. The molecule has 0 fully saturated rings. The van der Waals surface area contributed by atoms with Crippen molar-refractivity contribution in [3.8, 4) is 0 Å². The van der Waals surface area contributed by atoms with Crippen LogP contribution in [0, 0.1) is 0 Å². The van der Waals surface area contributed by atoms with Crippen molar-refractivity contribution in [1.29, 1.82) is 0 Å². The van der Waals surface area contributed by atoms with Crippen LogP contribution in [-0.4, -0.2) is 34.5 Å². The Morgan fingerprint density at radius 1 is 0.958 bits per heavy atom. The average molecular weight is 353 g/mol. The van der Waals surface area contributed by atoms with Crippen molar-refractivity contribution in [1.82, 2.24) is 0 Å². The van der Waals surface area contributed by atoms with Gasteiger partial charge in [-0.25, -0.2) is 0 Å². The van der Waals surface area contributed by atoms with Crippen molar-refractivity contribution in [2.24, 2.45) is 5.73 Å². The molecular formula is C17H32NNaO5. The molecule has 0 amide bonds. The molecule has 24 heavy (non-hydrogen) atoms. The van der Waals surface area contributed by atoms with Crippen LogP contribution in [0.2, 0.25) is 0 Å². The first-order valence-corrected chi connectivity index (χ1v) is 8.50. The van der Waals surface area contributed by atoms with E-state index in [1.807, 2.05) is 6.29 Å². The Labute approximate surface area is 167 Å². The predicted octanol–water partition coefficient (Wildman–Crippen LogP) is 0.284. The molecule has 0 heterocycles. The van der Waals surface area contributed by atoms with E-state index in [4.69, 9.17) is 15.9 Å². The van der Waals surface area contributed by atoms with Crippen LogP contribution in [0.4, 0.5) is 0 Å². The molecule has 6 nitrogen and oxygen atoms in total. The maximum absolute atomic E-state index is 9.99. The zero-order valence-electron chi connectivity index (χ0n) is 15.3. The standard InChI is InChI=1S/C12H23O.C5H9NO4.Na/c1-2-3-4-5-6-7-8-9-10-11-12-13;6-3(5(9)10)1-2-4(7)8;/h2-11H2,1H3;3H,1-2,6H2,(H,7,8)(H,9,10);/q-1;;+1/t;3-;/m.0./s1. The summed E-state index contributed by atoms with van der Waals surface area (Å²) in [6, 6.07) is -1.06. The molecule has 0 aliphatic heterocycles. The van der Waals surface area contributed by atoms with E-state index in [0.29, 0.717) is 6.42 Å². The smallest absolute Gasteiger partial charge is 0.542 e. The molecule has 0 bridgehead atoms. The molecule has 0 aromatic heterocycles. The Balaban J connectivity index is -0.000000364. The zero-order chi connectivity index (χ0) is 17.9. The molecular weight excluding hydrogens is 321 g/mol. The van der Waals surface area contributed by atoms with Gasteiger partial charge in [-0.3, -0.25) is 15.9 Å². The fourth-order valence-corrected chi connectivity index (χ4v) is 1.91. The van der Waals surface area contributed by atoms with E-state index in [1.54, 1.807) is 0 Å². The van der Waals surface area contributed by atoms with Crippen LogP contribution in [0.25, 0.3) is 0 Å². The molecule has 0 saturated carbocycles. The van der Waals surface area contributed by atoms with Crippen molar-refractivity contribution in [3.63, 3.8) is 0 Å². The van der Waals surface area contributed by atoms with Gasteiger partial charge in [-0.2, -0.15) is 6.42 Å². The minimum atomic E-state index is -1.17. The SMILES string of the molecule is CCCCCCCCCCC[C-]=O.N[C@@H](CCC(=O)O)C(=O)O.[Na+]. The summed E-state index contributed by atoms with van der Waals surface area (Å²) in [5.41, 5.74) is 5.00. The number of carbonyl (C=O) groups is 2. The van der Waals surface area contributed by atoms with Crippen LogP contribution < -0.4 is 35.3 Å². The molecule has 0 unspecified atom stereocenters. The van der Waals surface area contributed by atoms with E-state index < -0.39 is 18.0 Å². The summed E-state index contributed by atoms with van der Waals surface area (Å²) in [5, 5.41) is 16.3. The van der Waals surface area contributed by atoms with Crippen LogP contribution in [0.3, 0.4) is 0 Å². The second-order valence-electron chi connectivity index (χ2n) is 5.60. The summed E-state index contributed by atoms with van der Waals surface area (Å²) < 4.78 is 0. The van der Waals surface area contributed by atoms with Gasteiger partial charge >= 0.3 is 41.5 Å². The third-order valence-electron chi connectivity index (χ3n) is 3.37. The molecule has 0 aromatic rings. The van der Waals surface area contributed by atoms with Gasteiger partial charge in [0.15, 0.2) is 0 Å². The molecule has 136 valence electrons. The Kier molecular flexibility index (Phi) is 26.7. The topological polar surface area (TPSA) is 118 Å². The van der Waals surface area contributed by atoms with Crippen LogP contribution in [-0.2, 0) is 14.4 Å². The van der Waals surface area contributed by atoms with Crippen molar-refractivity contribution >= 4 is 18.2 Å². The maximum Gasteiger partial charge on any atom is 1.00 e. The molecule has 0 aliphatic rings. The van der Waals surface area contributed by atoms with Gasteiger partial charge in [-0.05, 0) is 6.42 Å². The summed E-state index contributed by atoms with van der Waals surface area (Å²) in [7, 11) is 0. The number of hydrogen-bond donors (Lipinski definition) is 3. The van der Waals surface area contributed by atoms with E-state index in [-0.39, 0.29) is 42.4 Å². The Morgan fingerprint density at radius 3 is 1.79 bits per heavy atom. The first kappa shape index (κ1) is 28.4. The minimum absolute atomic E-state index is 0. The van der Waals surface area contributed by atoms with E-state index >= 15 is 0 Å². The summed E-state index contributed by atoms with van der Waals surface area (Å²) >= 11 is 0. The van der Waals surface area contributed by atoms with E-state index in [0.717, 1.165) is 6.42 Å². The summed E-state index contributed by atoms with van der Waals surface area (Å²) in [5.74, 6) is -2.20. The number of rotatable bonds is 14. The summed E-state index contributed by atoms with van der Waals surface area (Å²) in [6.07, 6.45) is 14.1.